The monoisotopic (exact) mass is 435 g/mol. The maximum Gasteiger partial charge on any atom is 0.273 e. The van der Waals surface area contributed by atoms with Gasteiger partial charge in [0.2, 0.25) is 0 Å². The van der Waals surface area contributed by atoms with E-state index in [4.69, 9.17) is 4.74 Å². The van der Waals surface area contributed by atoms with Crippen LogP contribution in [0.15, 0.2) is 46.9 Å². The Kier molecular flexibility index (Phi) is 7.30. The molecular formula is C18H18BrN3O5. The van der Waals surface area contributed by atoms with Crippen molar-refractivity contribution in [3.8, 4) is 5.75 Å². The lowest BCUT2D eigenvalue weighted by molar-refractivity contribution is -0.384. The van der Waals surface area contributed by atoms with Gasteiger partial charge in [0.05, 0.1) is 17.1 Å². The van der Waals surface area contributed by atoms with Gasteiger partial charge in [-0.05, 0) is 36.8 Å². The summed E-state index contributed by atoms with van der Waals surface area (Å²) >= 11 is 3.30. The molecule has 0 spiro atoms. The summed E-state index contributed by atoms with van der Waals surface area (Å²) in [6.07, 6.45) is 1.82. The van der Waals surface area contributed by atoms with Gasteiger partial charge in [-0.1, -0.05) is 29.3 Å². The number of ether oxygens (including phenoxy) is 1. The minimum atomic E-state index is -0.596. The summed E-state index contributed by atoms with van der Waals surface area (Å²) in [7, 11) is 0. The molecule has 9 heteroatoms. The van der Waals surface area contributed by atoms with E-state index >= 15 is 0 Å². The third kappa shape index (κ3) is 5.78. The highest BCUT2D eigenvalue weighted by Crippen LogP contribution is 2.23. The van der Waals surface area contributed by atoms with Gasteiger partial charge in [0.1, 0.15) is 5.75 Å². The molecule has 0 bridgehead atoms. The number of carbonyl (C=O) groups excluding carboxylic acids is 2. The number of nitro groups is 1. The van der Waals surface area contributed by atoms with Gasteiger partial charge in [0.15, 0.2) is 0 Å². The van der Waals surface area contributed by atoms with Crippen molar-refractivity contribution in [3.63, 3.8) is 0 Å². The average Bonchev–Trinajstić information content (AvgIpc) is 2.67. The summed E-state index contributed by atoms with van der Waals surface area (Å²) in [5, 5.41) is 10.6. The molecule has 2 aromatic carbocycles. The molecule has 0 unspecified atom stereocenters. The Morgan fingerprint density at radius 3 is 2.41 bits per heavy atom. The number of hydrogen-bond acceptors (Lipinski definition) is 5. The number of non-ortho nitro benzene ring substituents is 1. The van der Waals surface area contributed by atoms with Crippen molar-refractivity contribution in [1.29, 1.82) is 0 Å². The van der Waals surface area contributed by atoms with Gasteiger partial charge in [-0.15, -0.1) is 0 Å². The van der Waals surface area contributed by atoms with Crippen molar-refractivity contribution in [2.75, 3.05) is 6.61 Å². The second kappa shape index (κ2) is 9.67. The van der Waals surface area contributed by atoms with Crippen LogP contribution in [0.2, 0.25) is 0 Å². The van der Waals surface area contributed by atoms with Crippen molar-refractivity contribution in [2.45, 2.75) is 19.8 Å². The zero-order chi connectivity index (χ0) is 19.8. The summed E-state index contributed by atoms with van der Waals surface area (Å²) in [4.78, 5) is 34.6. The minimum absolute atomic E-state index is 0.126. The number of benzene rings is 2. The average molecular weight is 436 g/mol. The van der Waals surface area contributed by atoms with E-state index < -0.39 is 16.7 Å². The number of nitro benzene ring substituents is 1. The molecule has 0 radical (unpaired) electrons. The summed E-state index contributed by atoms with van der Waals surface area (Å²) in [6, 6.07) is 10.1. The van der Waals surface area contributed by atoms with Crippen LogP contribution in [0.1, 0.15) is 40.5 Å². The van der Waals surface area contributed by atoms with Gasteiger partial charge >= 0.3 is 0 Å². The van der Waals surface area contributed by atoms with Crippen LogP contribution in [-0.4, -0.2) is 23.3 Å². The number of rotatable bonds is 7. The molecule has 142 valence electrons. The first-order chi connectivity index (χ1) is 12.9. The molecule has 2 N–H and O–H groups in total. The van der Waals surface area contributed by atoms with E-state index in [1.54, 1.807) is 18.2 Å². The van der Waals surface area contributed by atoms with E-state index in [0.29, 0.717) is 16.8 Å². The second-order valence-corrected chi connectivity index (χ2v) is 6.47. The van der Waals surface area contributed by atoms with Crippen molar-refractivity contribution in [2.24, 2.45) is 0 Å². The van der Waals surface area contributed by atoms with Crippen LogP contribution in [0, 0.1) is 10.1 Å². The molecule has 8 nitrogen and oxygen atoms in total. The third-order valence-corrected chi connectivity index (χ3v) is 4.06. The predicted molar refractivity (Wildman–Crippen MR) is 103 cm³/mol. The number of hydrazine groups is 1. The zero-order valence-corrected chi connectivity index (χ0v) is 16.1. The molecule has 0 aliphatic rings. The fourth-order valence-electron chi connectivity index (χ4n) is 2.12. The number of hydrogen-bond donors (Lipinski definition) is 2. The number of unbranched alkanes of at least 4 members (excludes halogenated alkanes) is 1. The molecule has 0 saturated heterocycles. The Morgan fingerprint density at radius 2 is 1.78 bits per heavy atom. The van der Waals surface area contributed by atoms with Gasteiger partial charge in [0.25, 0.3) is 17.5 Å². The zero-order valence-electron chi connectivity index (χ0n) is 14.5. The lowest BCUT2D eigenvalue weighted by Crippen LogP contribution is -2.41. The van der Waals surface area contributed by atoms with Gasteiger partial charge in [-0.25, -0.2) is 0 Å². The SMILES string of the molecule is CCCCOc1ccc(Br)cc1C(=O)NNC(=O)c1ccc([N+](=O)[O-])cc1. The van der Waals surface area contributed by atoms with Crippen LogP contribution < -0.4 is 15.6 Å². The number of amides is 2. The maximum atomic E-state index is 12.4. The number of nitrogens with zero attached hydrogens (tertiary/aromatic N) is 1. The fraction of sp³-hybridized carbons (Fsp3) is 0.222. The lowest BCUT2D eigenvalue weighted by atomic mass is 10.2. The molecule has 2 amide bonds. The standard InChI is InChI=1S/C18H18BrN3O5/c1-2-3-10-27-16-9-6-13(19)11-15(16)18(24)21-20-17(23)12-4-7-14(8-5-12)22(25)26/h4-9,11H,2-3,10H2,1H3,(H,20,23)(H,21,24). The van der Waals surface area contributed by atoms with Crippen LogP contribution >= 0.6 is 15.9 Å². The molecule has 0 heterocycles. The van der Waals surface area contributed by atoms with Crippen molar-refractivity contribution < 1.29 is 19.2 Å². The first kappa shape index (κ1) is 20.4. The Labute approximate surface area is 164 Å². The molecule has 0 atom stereocenters. The minimum Gasteiger partial charge on any atom is -0.493 e. The van der Waals surface area contributed by atoms with E-state index in [2.05, 4.69) is 26.8 Å². The molecule has 2 aromatic rings. The van der Waals surface area contributed by atoms with Crippen molar-refractivity contribution in [3.05, 3.63) is 68.2 Å². The Morgan fingerprint density at radius 1 is 1.11 bits per heavy atom. The van der Waals surface area contributed by atoms with E-state index in [9.17, 15) is 19.7 Å². The second-order valence-electron chi connectivity index (χ2n) is 5.55. The van der Waals surface area contributed by atoms with Crippen LogP contribution in [0.5, 0.6) is 5.75 Å². The first-order valence-corrected chi connectivity index (χ1v) is 8.99. The van der Waals surface area contributed by atoms with E-state index in [0.717, 1.165) is 12.8 Å². The van der Waals surface area contributed by atoms with Gasteiger partial charge in [0, 0.05) is 22.2 Å². The Balaban J connectivity index is 2.03. The molecule has 27 heavy (non-hydrogen) atoms. The molecule has 0 saturated carbocycles. The summed E-state index contributed by atoms with van der Waals surface area (Å²) in [5.41, 5.74) is 4.92. The topological polar surface area (TPSA) is 111 Å². The maximum absolute atomic E-state index is 12.4. The van der Waals surface area contributed by atoms with Gasteiger partial charge in [-0.2, -0.15) is 0 Å². The van der Waals surface area contributed by atoms with E-state index in [1.807, 2.05) is 6.92 Å². The quantitative estimate of drug-likeness (QED) is 0.392. The number of halogens is 1. The summed E-state index contributed by atoms with van der Waals surface area (Å²) < 4.78 is 6.31. The number of nitrogens with one attached hydrogen (secondary N) is 2. The number of carbonyl (C=O) groups is 2. The molecule has 0 aliphatic heterocycles. The van der Waals surface area contributed by atoms with Crippen molar-refractivity contribution in [1.82, 2.24) is 10.9 Å². The molecule has 0 aliphatic carbocycles. The highest BCUT2D eigenvalue weighted by molar-refractivity contribution is 9.10. The van der Waals surface area contributed by atoms with Crippen LogP contribution in [0.3, 0.4) is 0 Å². The van der Waals surface area contributed by atoms with Gasteiger partial charge in [-0.3, -0.25) is 30.6 Å². The third-order valence-electron chi connectivity index (χ3n) is 3.57. The highest BCUT2D eigenvalue weighted by Gasteiger charge is 2.15. The van der Waals surface area contributed by atoms with E-state index in [1.165, 1.54) is 24.3 Å². The highest BCUT2D eigenvalue weighted by atomic mass is 79.9. The van der Waals surface area contributed by atoms with Gasteiger partial charge < -0.3 is 4.74 Å². The Bertz CT molecular complexity index is 839. The Hall–Kier alpha value is -2.94. The molecular weight excluding hydrogens is 418 g/mol. The summed E-state index contributed by atoms with van der Waals surface area (Å²) in [6.45, 7) is 2.51. The van der Waals surface area contributed by atoms with E-state index in [-0.39, 0.29) is 16.8 Å². The van der Waals surface area contributed by atoms with Crippen molar-refractivity contribution >= 4 is 33.4 Å². The molecule has 0 aromatic heterocycles. The fourth-order valence-corrected chi connectivity index (χ4v) is 2.48. The smallest absolute Gasteiger partial charge is 0.273 e. The summed E-state index contributed by atoms with van der Waals surface area (Å²) in [5.74, 6) is -0.728. The molecule has 2 rings (SSSR count). The lowest BCUT2D eigenvalue weighted by Gasteiger charge is -2.12. The molecule has 0 fully saturated rings. The largest absolute Gasteiger partial charge is 0.493 e. The van der Waals surface area contributed by atoms with Crippen LogP contribution in [0.4, 0.5) is 5.69 Å². The van der Waals surface area contributed by atoms with Crippen LogP contribution in [-0.2, 0) is 0 Å². The first-order valence-electron chi connectivity index (χ1n) is 8.20. The normalized spacial score (nSPS) is 10.1. The predicted octanol–water partition coefficient (Wildman–Crippen LogP) is 3.61. The van der Waals surface area contributed by atoms with Crippen LogP contribution in [0.25, 0.3) is 0 Å².